The molecule has 1 saturated carbocycles. The van der Waals surface area contributed by atoms with Gasteiger partial charge >= 0.3 is 0 Å². The summed E-state index contributed by atoms with van der Waals surface area (Å²) in [5.74, 6) is 3.66. The topological polar surface area (TPSA) is 70.4 Å². The van der Waals surface area contributed by atoms with Gasteiger partial charge in [0.2, 0.25) is 0 Å². The van der Waals surface area contributed by atoms with E-state index >= 15 is 0 Å². The minimum atomic E-state index is 0.422. The van der Waals surface area contributed by atoms with Crippen LogP contribution in [-0.4, -0.2) is 57.3 Å². The maximum Gasteiger partial charge on any atom is 0.191 e. The van der Waals surface area contributed by atoms with Crippen LogP contribution in [0.4, 0.5) is 0 Å². The standard InChI is InChI=1S/C23H43N7/c1-5-30-15-9-12-21(30)16-24-23(25-17-22-28-27-19(3)29(22)4)26-18(2)13-14-20-10-7-6-8-11-20/h18,20-21H,5-17H2,1-4H3,(H2,24,25,26). The van der Waals surface area contributed by atoms with E-state index in [4.69, 9.17) is 4.99 Å². The molecule has 0 spiro atoms. The highest BCUT2D eigenvalue weighted by Gasteiger charge is 2.23. The van der Waals surface area contributed by atoms with Crippen LogP contribution in [0, 0.1) is 12.8 Å². The summed E-state index contributed by atoms with van der Waals surface area (Å²) in [5.41, 5.74) is 0. The predicted octanol–water partition coefficient (Wildman–Crippen LogP) is 3.39. The monoisotopic (exact) mass is 417 g/mol. The van der Waals surface area contributed by atoms with E-state index < -0.39 is 0 Å². The SMILES string of the molecule is CCN1CCCC1CNC(=NCc1nnc(C)n1C)NC(C)CCC1CCCCC1. The Morgan fingerprint density at radius 1 is 1.17 bits per heavy atom. The highest BCUT2D eigenvalue weighted by Crippen LogP contribution is 2.27. The average molecular weight is 418 g/mol. The smallest absolute Gasteiger partial charge is 0.191 e. The zero-order valence-corrected chi connectivity index (χ0v) is 19.7. The quantitative estimate of drug-likeness (QED) is 0.476. The van der Waals surface area contributed by atoms with E-state index in [-0.39, 0.29) is 0 Å². The van der Waals surface area contributed by atoms with Crippen molar-refractivity contribution in [1.29, 1.82) is 0 Å². The number of guanidine groups is 1. The lowest BCUT2D eigenvalue weighted by Crippen LogP contribution is -2.47. The summed E-state index contributed by atoms with van der Waals surface area (Å²) in [6.07, 6.45) is 12.2. The Morgan fingerprint density at radius 3 is 2.67 bits per heavy atom. The molecule has 2 atom stereocenters. The number of aryl methyl sites for hydroxylation is 1. The molecule has 0 radical (unpaired) electrons. The molecule has 2 heterocycles. The average Bonchev–Trinajstić information content (AvgIpc) is 3.35. The van der Waals surface area contributed by atoms with Gasteiger partial charge in [0, 0.05) is 25.7 Å². The molecule has 30 heavy (non-hydrogen) atoms. The fourth-order valence-electron chi connectivity index (χ4n) is 4.92. The summed E-state index contributed by atoms with van der Waals surface area (Å²) >= 11 is 0. The lowest BCUT2D eigenvalue weighted by molar-refractivity contribution is 0.266. The number of aliphatic imine (C=N–C) groups is 1. The summed E-state index contributed by atoms with van der Waals surface area (Å²) in [6.45, 7) is 10.4. The third kappa shape index (κ3) is 6.69. The van der Waals surface area contributed by atoms with Gasteiger partial charge in [-0.1, -0.05) is 39.0 Å². The molecule has 1 aromatic rings. The Kier molecular flexibility index (Phi) is 8.97. The lowest BCUT2D eigenvalue weighted by atomic mass is 9.85. The molecule has 0 amide bonds. The van der Waals surface area contributed by atoms with Gasteiger partial charge in [-0.25, -0.2) is 4.99 Å². The number of rotatable bonds is 9. The van der Waals surface area contributed by atoms with Gasteiger partial charge in [-0.2, -0.15) is 0 Å². The molecule has 2 unspecified atom stereocenters. The summed E-state index contributed by atoms with van der Waals surface area (Å²) in [6, 6.07) is 1.03. The van der Waals surface area contributed by atoms with Gasteiger partial charge in [0.25, 0.3) is 0 Å². The minimum absolute atomic E-state index is 0.422. The molecule has 7 heteroatoms. The maximum absolute atomic E-state index is 4.87. The Balaban J connectivity index is 1.55. The van der Waals surface area contributed by atoms with E-state index in [9.17, 15) is 0 Å². The number of aromatic nitrogens is 3. The molecule has 1 aliphatic heterocycles. The molecular formula is C23H43N7. The molecule has 2 N–H and O–H groups in total. The van der Waals surface area contributed by atoms with Crippen LogP contribution in [0.25, 0.3) is 0 Å². The van der Waals surface area contributed by atoms with E-state index in [2.05, 4.69) is 39.6 Å². The molecule has 0 bridgehead atoms. The van der Waals surface area contributed by atoms with Crippen LogP contribution >= 0.6 is 0 Å². The van der Waals surface area contributed by atoms with Crippen molar-refractivity contribution in [3.8, 4) is 0 Å². The van der Waals surface area contributed by atoms with Crippen LogP contribution in [0.3, 0.4) is 0 Å². The lowest BCUT2D eigenvalue weighted by Gasteiger charge is -2.26. The molecule has 0 aromatic carbocycles. The number of likely N-dealkylation sites (N-methyl/N-ethyl adjacent to an activating group) is 1. The van der Waals surface area contributed by atoms with E-state index in [1.54, 1.807) is 0 Å². The van der Waals surface area contributed by atoms with Crippen molar-refractivity contribution in [2.45, 2.75) is 97.2 Å². The summed E-state index contributed by atoms with van der Waals surface area (Å²) in [5, 5.41) is 15.7. The van der Waals surface area contributed by atoms with Crippen molar-refractivity contribution in [2.75, 3.05) is 19.6 Å². The van der Waals surface area contributed by atoms with Crippen molar-refractivity contribution >= 4 is 5.96 Å². The summed E-state index contributed by atoms with van der Waals surface area (Å²) < 4.78 is 2.02. The Morgan fingerprint density at radius 2 is 1.97 bits per heavy atom. The zero-order valence-electron chi connectivity index (χ0n) is 19.7. The fourth-order valence-corrected chi connectivity index (χ4v) is 4.92. The Hall–Kier alpha value is -1.63. The molecule has 1 aliphatic carbocycles. The first-order chi connectivity index (χ1) is 14.6. The highest BCUT2D eigenvalue weighted by molar-refractivity contribution is 5.80. The van der Waals surface area contributed by atoms with E-state index in [0.717, 1.165) is 36.6 Å². The summed E-state index contributed by atoms with van der Waals surface area (Å²) in [7, 11) is 2.01. The first-order valence-corrected chi connectivity index (χ1v) is 12.2. The molecule has 2 fully saturated rings. The molecular weight excluding hydrogens is 374 g/mol. The van der Waals surface area contributed by atoms with E-state index in [0.29, 0.717) is 18.6 Å². The first-order valence-electron chi connectivity index (χ1n) is 12.2. The Labute approximate surface area is 183 Å². The number of nitrogens with zero attached hydrogens (tertiary/aromatic N) is 5. The number of hydrogen-bond acceptors (Lipinski definition) is 4. The molecule has 3 rings (SSSR count). The van der Waals surface area contributed by atoms with E-state index in [1.807, 2.05) is 18.5 Å². The second kappa shape index (κ2) is 11.7. The van der Waals surface area contributed by atoms with Gasteiger partial charge in [0.15, 0.2) is 11.8 Å². The van der Waals surface area contributed by atoms with Gasteiger partial charge < -0.3 is 15.2 Å². The van der Waals surface area contributed by atoms with Crippen molar-refractivity contribution < 1.29 is 0 Å². The number of hydrogen-bond donors (Lipinski definition) is 2. The van der Waals surface area contributed by atoms with Gasteiger partial charge in [0.05, 0.1) is 0 Å². The number of nitrogens with one attached hydrogen (secondary N) is 2. The minimum Gasteiger partial charge on any atom is -0.355 e. The van der Waals surface area contributed by atoms with Crippen LogP contribution in [0.1, 0.15) is 83.3 Å². The third-order valence-electron chi connectivity index (χ3n) is 7.09. The van der Waals surface area contributed by atoms with E-state index in [1.165, 1.54) is 64.3 Å². The van der Waals surface area contributed by atoms with Crippen molar-refractivity contribution in [1.82, 2.24) is 30.3 Å². The van der Waals surface area contributed by atoms with Crippen LogP contribution in [0.2, 0.25) is 0 Å². The van der Waals surface area contributed by atoms with Gasteiger partial charge in [-0.05, 0) is 58.5 Å². The number of likely N-dealkylation sites (tertiary alicyclic amines) is 1. The maximum atomic E-state index is 4.87. The normalized spacial score (nSPS) is 22.4. The van der Waals surface area contributed by atoms with Gasteiger partial charge in [-0.3, -0.25) is 4.90 Å². The summed E-state index contributed by atoms with van der Waals surface area (Å²) in [4.78, 5) is 7.44. The van der Waals surface area contributed by atoms with Crippen molar-refractivity contribution in [3.05, 3.63) is 11.6 Å². The molecule has 1 aromatic heterocycles. The predicted molar refractivity (Wildman–Crippen MR) is 124 cm³/mol. The molecule has 170 valence electrons. The van der Waals surface area contributed by atoms with Crippen molar-refractivity contribution in [3.63, 3.8) is 0 Å². The van der Waals surface area contributed by atoms with Crippen LogP contribution < -0.4 is 10.6 Å². The highest BCUT2D eigenvalue weighted by atomic mass is 15.3. The van der Waals surface area contributed by atoms with Gasteiger partial charge in [0.1, 0.15) is 12.4 Å². The second-order valence-corrected chi connectivity index (χ2v) is 9.32. The van der Waals surface area contributed by atoms with Crippen molar-refractivity contribution in [2.24, 2.45) is 18.0 Å². The fraction of sp³-hybridized carbons (Fsp3) is 0.870. The third-order valence-corrected chi connectivity index (χ3v) is 7.09. The molecule has 2 aliphatic rings. The van der Waals surface area contributed by atoms with Crippen LogP contribution in [0.5, 0.6) is 0 Å². The molecule has 1 saturated heterocycles. The van der Waals surface area contributed by atoms with Crippen LogP contribution in [-0.2, 0) is 13.6 Å². The largest absolute Gasteiger partial charge is 0.355 e. The first kappa shape index (κ1) is 23.0. The Bertz CT molecular complexity index is 663. The van der Waals surface area contributed by atoms with Crippen LogP contribution in [0.15, 0.2) is 4.99 Å². The van der Waals surface area contributed by atoms with Gasteiger partial charge in [-0.15, -0.1) is 10.2 Å². The molecule has 7 nitrogen and oxygen atoms in total. The zero-order chi connectivity index (χ0) is 21.3. The second-order valence-electron chi connectivity index (χ2n) is 9.32.